The molecule has 1 aliphatic rings. The molecule has 228 valence electrons. The zero-order valence-electron chi connectivity index (χ0n) is 27.5. The number of benzene rings is 2. The summed E-state index contributed by atoms with van der Waals surface area (Å²) in [5, 5.41) is 0. The molecule has 0 amide bonds. The van der Waals surface area contributed by atoms with Gasteiger partial charge in [0.05, 0.1) is 0 Å². The fourth-order valence-electron chi connectivity index (χ4n) is 5.74. The van der Waals surface area contributed by atoms with Crippen molar-refractivity contribution in [3.05, 3.63) is 87.5 Å². The average molecular weight is 649 g/mol. The SMILES string of the molecule is CCCCCCCCC1=C(c2ccccc2CCC(C)=O)[N+](=[N-])C(c2ccccc2CCC(C)=O)=C1CCCC.[H-].[H-].[Pd]. The maximum atomic E-state index is 12.1. The standard InChI is InChI=1S/C36H48N2O2.Pd.2H/c1-5-7-9-10-11-12-22-34-33(19-8-6-2)35(31-20-15-13-17-29(31)25-23-27(3)39)38(37)36(34)32-21-16-14-18-30(32)26-24-28(4)40;;;/h13-18,20-21H,5-12,19,22-26H2,1-4H3;;;/q;;2*-1. The van der Waals surface area contributed by atoms with Crippen LogP contribution in [0.25, 0.3) is 16.9 Å². The number of Topliss-reactive ketones (excluding diaryl/α,β-unsaturated/α-hetero) is 2. The summed E-state index contributed by atoms with van der Waals surface area (Å²) in [5.74, 6) is 0.342. The van der Waals surface area contributed by atoms with Crippen molar-refractivity contribution in [3.8, 4) is 0 Å². The third-order valence-electron chi connectivity index (χ3n) is 7.96. The van der Waals surface area contributed by atoms with Gasteiger partial charge in [-0.1, -0.05) is 88.8 Å². The molecule has 3 rings (SSSR count). The number of allylic oxidation sites excluding steroid dienone is 2. The van der Waals surface area contributed by atoms with Crippen LogP contribution in [0.1, 0.15) is 130 Å². The molecule has 0 unspecified atom stereocenters. The topological polar surface area (TPSA) is 59.4 Å². The van der Waals surface area contributed by atoms with Gasteiger partial charge in [0, 0.05) is 55.5 Å². The zero-order valence-corrected chi connectivity index (χ0v) is 27.1. The van der Waals surface area contributed by atoms with Gasteiger partial charge in [-0.05, 0) is 75.6 Å². The summed E-state index contributed by atoms with van der Waals surface area (Å²) in [6, 6.07) is 16.5. The molecule has 0 N–H and O–H groups in total. The molecule has 0 radical (unpaired) electrons. The Morgan fingerprint density at radius 3 is 1.51 bits per heavy atom. The minimum absolute atomic E-state index is 0. The Kier molecular flexibility index (Phi) is 15.4. The number of nitrogens with zero attached hydrogens (tertiary/aromatic N) is 2. The number of rotatable bonds is 18. The molecule has 0 saturated carbocycles. The molecule has 0 saturated heterocycles. The van der Waals surface area contributed by atoms with Crippen LogP contribution < -0.4 is 0 Å². The second-order valence-electron chi connectivity index (χ2n) is 11.3. The monoisotopic (exact) mass is 648 g/mol. The van der Waals surface area contributed by atoms with E-state index in [4.69, 9.17) is 0 Å². The molecule has 0 spiro atoms. The maximum Gasteiger partial charge on any atom is 0.211 e. The van der Waals surface area contributed by atoms with Gasteiger partial charge < -0.3 is 18.0 Å². The summed E-state index contributed by atoms with van der Waals surface area (Å²) in [6.07, 6.45) is 13.5. The van der Waals surface area contributed by atoms with E-state index >= 15 is 0 Å². The van der Waals surface area contributed by atoms with Crippen LogP contribution in [0.15, 0.2) is 59.7 Å². The minimum Gasteiger partial charge on any atom is -1.00 e. The molecule has 1 aliphatic heterocycles. The molecule has 2 aromatic carbocycles. The van der Waals surface area contributed by atoms with Crippen molar-refractivity contribution in [1.29, 1.82) is 0 Å². The van der Waals surface area contributed by atoms with Gasteiger partial charge in [-0.25, -0.2) is 4.70 Å². The predicted octanol–water partition coefficient (Wildman–Crippen LogP) is 10.1. The third kappa shape index (κ3) is 9.80. The Labute approximate surface area is 264 Å². The number of carbonyl (C=O) groups excluding carboxylic acids is 2. The van der Waals surface area contributed by atoms with E-state index in [1.165, 1.54) is 47.9 Å². The van der Waals surface area contributed by atoms with Gasteiger partial charge in [0.25, 0.3) is 0 Å². The first kappa shape index (κ1) is 34.7. The Morgan fingerprint density at radius 2 is 1.05 bits per heavy atom. The van der Waals surface area contributed by atoms with Crippen molar-refractivity contribution < 1.29 is 37.6 Å². The summed E-state index contributed by atoms with van der Waals surface area (Å²) in [7, 11) is 0. The maximum absolute atomic E-state index is 12.1. The van der Waals surface area contributed by atoms with Crippen molar-refractivity contribution in [1.82, 2.24) is 0 Å². The van der Waals surface area contributed by atoms with E-state index in [9.17, 15) is 15.1 Å². The number of hydrogen-bond acceptors (Lipinski definition) is 2. The van der Waals surface area contributed by atoms with Crippen LogP contribution in [-0.2, 0) is 42.9 Å². The summed E-state index contributed by atoms with van der Waals surface area (Å²) >= 11 is 0. The van der Waals surface area contributed by atoms with Gasteiger partial charge in [-0.3, -0.25) is 0 Å². The Hall–Kier alpha value is -2.48. The molecular weight excluding hydrogens is 599 g/mol. The molecule has 0 bridgehead atoms. The van der Waals surface area contributed by atoms with Gasteiger partial charge in [0.15, 0.2) is 0 Å². The molecule has 41 heavy (non-hydrogen) atoms. The van der Waals surface area contributed by atoms with E-state index in [0.29, 0.717) is 25.7 Å². The molecule has 0 aromatic heterocycles. The number of carbonyl (C=O) groups is 2. The van der Waals surface area contributed by atoms with E-state index in [1.807, 2.05) is 24.3 Å². The first-order valence-electron chi connectivity index (χ1n) is 15.5. The van der Waals surface area contributed by atoms with E-state index < -0.39 is 0 Å². The molecule has 0 atom stereocenters. The summed E-state index contributed by atoms with van der Waals surface area (Å²) in [5.41, 5.74) is 20.5. The molecule has 0 aliphatic carbocycles. The van der Waals surface area contributed by atoms with E-state index in [0.717, 1.165) is 65.8 Å². The second-order valence-corrected chi connectivity index (χ2v) is 11.3. The fourth-order valence-corrected chi connectivity index (χ4v) is 5.74. The molecule has 1 heterocycles. The van der Waals surface area contributed by atoms with Gasteiger partial charge in [0.1, 0.15) is 11.6 Å². The van der Waals surface area contributed by atoms with Crippen molar-refractivity contribution in [2.45, 2.75) is 118 Å². The second kappa shape index (κ2) is 18.1. The third-order valence-corrected chi connectivity index (χ3v) is 7.96. The Morgan fingerprint density at radius 1 is 0.634 bits per heavy atom. The normalized spacial score (nSPS) is 13.1. The first-order chi connectivity index (χ1) is 19.4. The van der Waals surface area contributed by atoms with Crippen LogP contribution in [0, 0.1) is 0 Å². The molecule has 0 fully saturated rings. The number of aryl methyl sites for hydroxylation is 2. The molecule has 2 aromatic rings. The van der Waals surface area contributed by atoms with Crippen molar-refractivity contribution in [3.63, 3.8) is 0 Å². The van der Waals surface area contributed by atoms with Gasteiger partial charge in [-0.15, -0.1) is 0 Å². The molecular formula is C36H50N2O2Pd-2. The number of ketones is 2. The summed E-state index contributed by atoms with van der Waals surface area (Å²) in [6.45, 7) is 7.73. The number of hydrogen-bond donors (Lipinski definition) is 0. The number of unbranched alkanes of at least 4 members (excludes halogenated alkanes) is 6. The quantitative estimate of drug-likeness (QED) is 0.0917. The largest absolute Gasteiger partial charge is 1.00 e. The van der Waals surface area contributed by atoms with Crippen LogP contribution in [0.2, 0.25) is 0 Å². The molecule has 4 nitrogen and oxygen atoms in total. The van der Waals surface area contributed by atoms with Gasteiger partial charge in [0.2, 0.25) is 11.4 Å². The van der Waals surface area contributed by atoms with E-state index in [-0.39, 0.29) is 34.8 Å². The molecule has 5 heteroatoms. The van der Waals surface area contributed by atoms with Crippen molar-refractivity contribution in [2.75, 3.05) is 0 Å². The van der Waals surface area contributed by atoms with Crippen molar-refractivity contribution in [2.24, 2.45) is 0 Å². The van der Waals surface area contributed by atoms with Crippen LogP contribution >= 0.6 is 0 Å². The van der Waals surface area contributed by atoms with E-state index in [2.05, 4.69) is 38.1 Å². The van der Waals surface area contributed by atoms with Crippen molar-refractivity contribution >= 4 is 23.0 Å². The fraction of sp³-hybridized carbons (Fsp3) is 0.500. The van der Waals surface area contributed by atoms with Gasteiger partial charge >= 0.3 is 0 Å². The smallest absolute Gasteiger partial charge is 0.211 e. The first-order valence-corrected chi connectivity index (χ1v) is 15.5. The summed E-state index contributed by atoms with van der Waals surface area (Å²) in [4.78, 5) is 23.7. The van der Waals surface area contributed by atoms with Crippen LogP contribution in [-0.4, -0.2) is 16.3 Å². The Balaban J connectivity index is 0.00000588. The van der Waals surface area contributed by atoms with E-state index in [1.54, 1.807) is 13.8 Å². The zero-order chi connectivity index (χ0) is 28.9. The summed E-state index contributed by atoms with van der Waals surface area (Å²) < 4.78 is 1.44. The average Bonchev–Trinajstić information content (AvgIpc) is 3.21. The minimum atomic E-state index is 0. The van der Waals surface area contributed by atoms with Gasteiger partial charge in [-0.2, -0.15) is 0 Å². The van der Waals surface area contributed by atoms with Crippen LogP contribution in [0.4, 0.5) is 0 Å². The predicted molar refractivity (Wildman–Crippen MR) is 168 cm³/mol. The Bertz CT molecular complexity index is 1270. The van der Waals surface area contributed by atoms with Crippen LogP contribution in [0.5, 0.6) is 0 Å². The van der Waals surface area contributed by atoms with Crippen LogP contribution in [0.3, 0.4) is 0 Å².